The quantitative estimate of drug-likeness (QED) is 0.749. The molecule has 0 saturated heterocycles. The summed E-state index contributed by atoms with van der Waals surface area (Å²) >= 11 is 0. The molecule has 1 rings (SSSR count). The van der Waals surface area contributed by atoms with E-state index >= 15 is 0 Å². The molecule has 0 bridgehead atoms. The van der Waals surface area contributed by atoms with Gasteiger partial charge in [-0.2, -0.15) is 0 Å². The molecule has 1 aromatic carbocycles. The number of hydrogen-bond acceptors (Lipinski definition) is 1. The lowest BCUT2D eigenvalue weighted by Gasteiger charge is -2.08. The molecule has 0 aliphatic carbocycles. The van der Waals surface area contributed by atoms with Gasteiger partial charge in [-0.25, -0.2) is 0 Å². The summed E-state index contributed by atoms with van der Waals surface area (Å²) in [5.74, 6) is 0.380. The predicted molar refractivity (Wildman–Crippen MR) is 62.6 cm³/mol. The van der Waals surface area contributed by atoms with Gasteiger partial charge in [-0.1, -0.05) is 44.7 Å². The second-order valence-corrected chi connectivity index (χ2v) is 3.82. The highest BCUT2D eigenvalue weighted by Crippen LogP contribution is 2.15. The smallest absolute Gasteiger partial charge is 0.243 e. The molecule has 1 amide bonds. The molecular weight excluding hydrogens is 186 g/mol. The van der Waals surface area contributed by atoms with Gasteiger partial charge in [-0.3, -0.25) is 4.79 Å². The molecule has 80 valence electrons. The molecule has 1 aromatic rings. The maximum atomic E-state index is 11.0. The lowest BCUT2D eigenvalue weighted by Crippen LogP contribution is -2.19. The van der Waals surface area contributed by atoms with E-state index in [1.165, 1.54) is 11.6 Å². The van der Waals surface area contributed by atoms with Gasteiger partial charge in [0.05, 0.1) is 0 Å². The van der Waals surface area contributed by atoms with Crippen molar-refractivity contribution in [1.82, 2.24) is 5.32 Å². The van der Waals surface area contributed by atoms with E-state index in [9.17, 15) is 4.79 Å². The van der Waals surface area contributed by atoms with Crippen LogP contribution < -0.4 is 5.32 Å². The first-order valence-electron chi connectivity index (χ1n) is 5.12. The Morgan fingerprint density at radius 2 is 2.27 bits per heavy atom. The van der Waals surface area contributed by atoms with Crippen molar-refractivity contribution < 1.29 is 4.79 Å². The third kappa shape index (κ3) is 3.58. The topological polar surface area (TPSA) is 29.1 Å². The van der Waals surface area contributed by atoms with Crippen molar-refractivity contribution in [2.75, 3.05) is 0 Å². The van der Waals surface area contributed by atoms with Crippen molar-refractivity contribution in [2.45, 2.75) is 26.3 Å². The normalized spacial score (nSPS) is 10.1. The molecular formula is C13H17NO. The number of benzene rings is 1. The molecule has 0 heterocycles. The third-order valence-electron chi connectivity index (χ3n) is 2.27. The first-order chi connectivity index (χ1) is 7.13. The summed E-state index contributed by atoms with van der Waals surface area (Å²) in [4.78, 5) is 11.0. The summed E-state index contributed by atoms with van der Waals surface area (Å²) in [6, 6.07) is 8.25. The number of amides is 1. The van der Waals surface area contributed by atoms with Crippen LogP contribution in [-0.4, -0.2) is 5.91 Å². The van der Waals surface area contributed by atoms with E-state index < -0.39 is 0 Å². The Bertz CT molecular complexity index is 355. The summed E-state index contributed by atoms with van der Waals surface area (Å²) in [6.07, 6.45) is 1.28. The first kappa shape index (κ1) is 11.5. The van der Waals surface area contributed by atoms with Crippen molar-refractivity contribution in [3.8, 4) is 0 Å². The van der Waals surface area contributed by atoms with E-state index in [4.69, 9.17) is 0 Å². The minimum Gasteiger partial charge on any atom is -0.348 e. The van der Waals surface area contributed by atoms with Crippen LogP contribution in [0.1, 0.15) is 30.9 Å². The summed E-state index contributed by atoms with van der Waals surface area (Å²) in [5, 5.41) is 2.76. The Morgan fingerprint density at radius 3 is 2.87 bits per heavy atom. The van der Waals surface area contributed by atoms with Crippen LogP contribution in [-0.2, 0) is 11.3 Å². The van der Waals surface area contributed by atoms with Gasteiger partial charge >= 0.3 is 0 Å². The van der Waals surface area contributed by atoms with Gasteiger partial charge in [-0.05, 0) is 23.1 Å². The standard InChI is InChI=1S/C13H17NO/c1-4-13(15)14-9-11-6-5-7-12(8-11)10(2)3/h4-8,10H,1,9H2,2-3H3,(H,14,15). The number of rotatable bonds is 4. The van der Waals surface area contributed by atoms with Crippen LogP contribution >= 0.6 is 0 Å². The van der Waals surface area contributed by atoms with Crippen LogP contribution in [0.15, 0.2) is 36.9 Å². The number of carbonyl (C=O) groups excluding carboxylic acids is 1. The van der Waals surface area contributed by atoms with Gasteiger partial charge in [0.15, 0.2) is 0 Å². The van der Waals surface area contributed by atoms with Gasteiger partial charge < -0.3 is 5.32 Å². The van der Waals surface area contributed by atoms with Crippen LogP contribution in [0, 0.1) is 0 Å². The minimum atomic E-state index is -0.134. The highest BCUT2D eigenvalue weighted by molar-refractivity contribution is 5.86. The molecule has 0 radical (unpaired) electrons. The van der Waals surface area contributed by atoms with Crippen LogP contribution in [0.3, 0.4) is 0 Å². The van der Waals surface area contributed by atoms with E-state index in [0.29, 0.717) is 12.5 Å². The monoisotopic (exact) mass is 203 g/mol. The van der Waals surface area contributed by atoms with E-state index in [1.807, 2.05) is 12.1 Å². The zero-order valence-corrected chi connectivity index (χ0v) is 9.29. The average Bonchev–Trinajstić information content (AvgIpc) is 2.26. The Hall–Kier alpha value is -1.57. The molecule has 0 spiro atoms. The maximum absolute atomic E-state index is 11.0. The zero-order chi connectivity index (χ0) is 11.3. The van der Waals surface area contributed by atoms with E-state index in [0.717, 1.165) is 5.56 Å². The summed E-state index contributed by atoms with van der Waals surface area (Å²) < 4.78 is 0. The van der Waals surface area contributed by atoms with Crippen molar-refractivity contribution >= 4 is 5.91 Å². The molecule has 0 atom stereocenters. The van der Waals surface area contributed by atoms with E-state index in [1.54, 1.807) is 0 Å². The SMILES string of the molecule is C=CC(=O)NCc1cccc(C(C)C)c1. The molecule has 2 nitrogen and oxygen atoms in total. The number of hydrogen-bond donors (Lipinski definition) is 1. The van der Waals surface area contributed by atoms with Crippen LogP contribution in [0.25, 0.3) is 0 Å². The van der Waals surface area contributed by atoms with Crippen LogP contribution in [0.2, 0.25) is 0 Å². The fourth-order valence-electron chi connectivity index (χ4n) is 1.32. The Morgan fingerprint density at radius 1 is 1.53 bits per heavy atom. The lowest BCUT2D eigenvalue weighted by molar-refractivity contribution is -0.116. The molecule has 0 unspecified atom stereocenters. The molecule has 2 heteroatoms. The van der Waals surface area contributed by atoms with Gasteiger partial charge in [0.1, 0.15) is 0 Å². The van der Waals surface area contributed by atoms with E-state index in [-0.39, 0.29) is 5.91 Å². The molecule has 1 N–H and O–H groups in total. The molecule has 0 aliphatic rings. The third-order valence-corrected chi connectivity index (χ3v) is 2.27. The number of carbonyl (C=O) groups is 1. The number of nitrogens with one attached hydrogen (secondary N) is 1. The highest BCUT2D eigenvalue weighted by Gasteiger charge is 2.00. The largest absolute Gasteiger partial charge is 0.348 e. The van der Waals surface area contributed by atoms with E-state index in [2.05, 4.69) is 37.9 Å². The van der Waals surface area contributed by atoms with Crippen molar-refractivity contribution in [3.05, 3.63) is 48.0 Å². The summed E-state index contributed by atoms with van der Waals surface area (Å²) in [6.45, 7) is 8.28. The van der Waals surface area contributed by atoms with Crippen molar-refractivity contribution in [2.24, 2.45) is 0 Å². The predicted octanol–water partition coefficient (Wildman–Crippen LogP) is 2.61. The van der Waals surface area contributed by atoms with Crippen molar-refractivity contribution in [1.29, 1.82) is 0 Å². The average molecular weight is 203 g/mol. The van der Waals surface area contributed by atoms with Gasteiger partial charge in [-0.15, -0.1) is 0 Å². The highest BCUT2D eigenvalue weighted by atomic mass is 16.1. The second-order valence-electron chi connectivity index (χ2n) is 3.82. The summed E-state index contributed by atoms with van der Waals surface area (Å²) in [5.41, 5.74) is 2.41. The zero-order valence-electron chi connectivity index (χ0n) is 9.29. The molecule has 0 aromatic heterocycles. The first-order valence-corrected chi connectivity index (χ1v) is 5.12. The van der Waals surface area contributed by atoms with Crippen LogP contribution in [0.5, 0.6) is 0 Å². The fourth-order valence-corrected chi connectivity index (χ4v) is 1.32. The van der Waals surface area contributed by atoms with Gasteiger partial charge in [0.2, 0.25) is 5.91 Å². The molecule has 0 saturated carbocycles. The molecule has 0 fully saturated rings. The van der Waals surface area contributed by atoms with Gasteiger partial charge in [0, 0.05) is 6.54 Å². The van der Waals surface area contributed by atoms with Gasteiger partial charge in [0.25, 0.3) is 0 Å². The lowest BCUT2D eigenvalue weighted by atomic mass is 10.0. The minimum absolute atomic E-state index is 0.134. The molecule has 15 heavy (non-hydrogen) atoms. The van der Waals surface area contributed by atoms with Crippen molar-refractivity contribution in [3.63, 3.8) is 0 Å². The summed E-state index contributed by atoms with van der Waals surface area (Å²) in [7, 11) is 0. The van der Waals surface area contributed by atoms with Crippen LogP contribution in [0.4, 0.5) is 0 Å². The Labute approximate surface area is 91.0 Å². The molecule has 0 aliphatic heterocycles. The fraction of sp³-hybridized carbons (Fsp3) is 0.308. The Kier molecular flexibility index (Phi) is 4.10. The maximum Gasteiger partial charge on any atom is 0.243 e. The second kappa shape index (κ2) is 5.35. The Balaban J connectivity index is 2.65.